The fraction of sp³-hybridized carbons (Fsp3) is 0.444. The van der Waals surface area contributed by atoms with Crippen LogP contribution < -0.4 is 11.1 Å². The molecule has 0 fully saturated rings. The molecule has 1 rings (SSSR count). The van der Waals surface area contributed by atoms with Gasteiger partial charge in [0.25, 0.3) is 6.43 Å². The molecule has 84 valence electrons. The van der Waals surface area contributed by atoms with Crippen LogP contribution in [0.1, 0.15) is 23.0 Å². The molecule has 0 spiro atoms. The quantitative estimate of drug-likeness (QED) is 0.770. The average molecular weight is 234 g/mol. The molecule has 15 heavy (non-hydrogen) atoms. The molecule has 1 aromatic rings. The molecule has 0 atom stereocenters. The highest BCUT2D eigenvalue weighted by Crippen LogP contribution is 2.30. The first kappa shape index (κ1) is 11.9. The van der Waals surface area contributed by atoms with Gasteiger partial charge in [0.2, 0.25) is 0 Å². The molecular weight excluding hydrogens is 222 g/mol. The number of hydrogen-bond donors (Lipinski definition) is 2. The Hall–Kier alpha value is -1.17. The van der Waals surface area contributed by atoms with Crippen molar-refractivity contribution in [2.75, 3.05) is 17.6 Å². The molecule has 0 radical (unpaired) electrons. The Kier molecular flexibility index (Phi) is 4.02. The lowest BCUT2D eigenvalue weighted by molar-refractivity contribution is 0.0993. The Bertz CT molecular complexity index is 352. The summed E-state index contributed by atoms with van der Waals surface area (Å²) in [6, 6.07) is 1.51. The lowest BCUT2D eigenvalue weighted by Gasteiger charge is -2.00. The van der Waals surface area contributed by atoms with Crippen molar-refractivity contribution in [1.29, 1.82) is 0 Å². The number of nitrogens with one attached hydrogen (secondary N) is 1. The monoisotopic (exact) mass is 234 g/mol. The number of halogens is 2. The zero-order valence-electron chi connectivity index (χ0n) is 8.22. The molecule has 0 bridgehead atoms. The molecule has 0 aliphatic rings. The molecule has 1 heterocycles. The van der Waals surface area contributed by atoms with Crippen molar-refractivity contribution in [2.24, 2.45) is 0 Å². The van der Waals surface area contributed by atoms with Crippen LogP contribution in [0.25, 0.3) is 0 Å². The van der Waals surface area contributed by atoms with Gasteiger partial charge < -0.3 is 11.1 Å². The maximum absolute atomic E-state index is 11.9. The Morgan fingerprint density at radius 2 is 2.33 bits per heavy atom. The van der Waals surface area contributed by atoms with E-state index in [1.165, 1.54) is 6.07 Å². The molecule has 0 aliphatic carbocycles. The minimum atomic E-state index is -2.42. The first-order chi connectivity index (χ1) is 7.04. The predicted molar refractivity (Wildman–Crippen MR) is 57.8 cm³/mol. The summed E-state index contributed by atoms with van der Waals surface area (Å²) >= 11 is 1.12. The lowest BCUT2D eigenvalue weighted by Crippen LogP contribution is -2.08. The number of carbonyl (C=O) groups is 1. The van der Waals surface area contributed by atoms with Gasteiger partial charge in [-0.1, -0.05) is 6.92 Å². The summed E-state index contributed by atoms with van der Waals surface area (Å²) in [6.45, 7) is 1.30. The zero-order chi connectivity index (χ0) is 11.4. The van der Waals surface area contributed by atoms with Gasteiger partial charge >= 0.3 is 0 Å². The van der Waals surface area contributed by atoms with Crippen LogP contribution in [0.2, 0.25) is 0 Å². The second-order valence-electron chi connectivity index (χ2n) is 2.94. The highest BCUT2D eigenvalue weighted by atomic mass is 32.1. The topological polar surface area (TPSA) is 55.1 Å². The van der Waals surface area contributed by atoms with Crippen molar-refractivity contribution in [3.05, 3.63) is 10.9 Å². The van der Waals surface area contributed by atoms with Gasteiger partial charge in [-0.2, -0.15) is 0 Å². The van der Waals surface area contributed by atoms with Crippen molar-refractivity contribution >= 4 is 27.8 Å². The maximum atomic E-state index is 11.9. The minimum absolute atomic E-state index is 0.0670. The van der Waals surface area contributed by atoms with Crippen LogP contribution >= 0.6 is 11.3 Å². The van der Waals surface area contributed by atoms with E-state index in [-0.39, 0.29) is 5.78 Å². The third-order valence-corrected chi connectivity index (χ3v) is 2.92. The average Bonchev–Trinajstić information content (AvgIpc) is 2.55. The van der Waals surface area contributed by atoms with E-state index in [1.54, 1.807) is 6.92 Å². The largest absolute Gasteiger partial charge is 0.397 e. The number of thiophene rings is 1. The molecule has 0 saturated carbocycles. The molecule has 0 amide bonds. The molecule has 0 saturated heterocycles. The predicted octanol–water partition coefficient (Wildman–Crippen LogP) is 2.60. The number of nitrogens with two attached hydrogens (primary N) is 1. The number of anilines is 2. The second kappa shape index (κ2) is 5.06. The van der Waals surface area contributed by atoms with Crippen LogP contribution in [0.4, 0.5) is 19.5 Å². The summed E-state index contributed by atoms with van der Waals surface area (Å²) in [5, 5.41) is 3.02. The molecule has 3 nitrogen and oxygen atoms in total. The van der Waals surface area contributed by atoms with Crippen molar-refractivity contribution in [3.63, 3.8) is 0 Å². The minimum Gasteiger partial charge on any atom is -0.397 e. The van der Waals surface area contributed by atoms with E-state index in [0.717, 1.165) is 11.3 Å². The van der Waals surface area contributed by atoms with Crippen molar-refractivity contribution in [2.45, 2.75) is 19.8 Å². The number of Topliss-reactive ketones (excluding diaryl/α,β-unsaturated/α-hetero) is 1. The summed E-state index contributed by atoms with van der Waals surface area (Å²) in [4.78, 5) is 11.8. The van der Waals surface area contributed by atoms with Crippen LogP contribution in [0.3, 0.4) is 0 Å². The highest BCUT2D eigenvalue weighted by Gasteiger charge is 2.13. The zero-order valence-corrected chi connectivity index (χ0v) is 9.04. The van der Waals surface area contributed by atoms with Gasteiger partial charge in [-0.3, -0.25) is 4.79 Å². The van der Waals surface area contributed by atoms with Gasteiger partial charge in [0.1, 0.15) is 0 Å². The van der Waals surface area contributed by atoms with Crippen LogP contribution in [0.5, 0.6) is 0 Å². The van der Waals surface area contributed by atoms with E-state index in [2.05, 4.69) is 5.32 Å². The summed E-state index contributed by atoms with van der Waals surface area (Å²) in [6.07, 6.45) is -2.06. The summed E-state index contributed by atoms with van der Waals surface area (Å²) in [7, 11) is 0. The Balaban J connectivity index is 2.72. The Labute approximate surface area is 90.3 Å². The standard InChI is InChI=1S/C9H12F2N2OS/c1-2-6(14)9-5(12)3-8(15-9)13-4-7(10)11/h3,7,13H,2,4,12H2,1H3. The van der Waals surface area contributed by atoms with Gasteiger partial charge in [-0.15, -0.1) is 11.3 Å². The number of nitrogen functional groups attached to an aromatic ring is 1. The molecule has 0 unspecified atom stereocenters. The van der Waals surface area contributed by atoms with Crippen LogP contribution in [-0.4, -0.2) is 18.8 Å². The van der Waals surface area contributed by atoms with Crippen molar-refractivity contribution in [1.82, 2.24) is 0 Å². The van der Waals surface area contributed by atoms with Gasteiger partial charge in [0, 0.05) is 6.42 Å². The van der Waals surface area contributed by atoms with Gasteiger partial charge in [0.05, 0.1) is 22.1 Å². The maximum Gasteiger partial charge on any atom is 0.255 e. The molecule has 0 aliphatic heterocycles. The van der Waals surface area contributed by atoms with Gasteiger partial charge in [-0.25, -0.2) is 8.78 Å². The summed E-state index contributed by atoms with van der Waals surface area (Å²) in [5.74, 6) is -0.0670. The summed E-state index contributed by atoms with van der Waals surface area (Å²) < 4.78 is 23.8. The number of carbonyl (C=O) groups excluding carboxylic acids is 1. The third kappa shape index (κ3) is 3.16. The number of alkyl halides is 2. The van der Waals surface area contributed by atoms with Gasteiger partial charge in [0.15, 0.2) is 5.78 Å². The van der Waals surface area contributed by atoms with Crippen molar-refractivity contribution < 1.29 is 13.6 Å². The number of hydrogen-bond acceptors (Lipinski definition) is 4. The van der Waals surface area contributed by atoms with Crippen LogP contribution in [0.15, 0.2) is 6.07 Å². The molecule has 0 aromatic carbocycles. The SMILES string of the molecule is CCC(=O)c1sc(NCC(F)F)cc1N. The first-order valence-corrected chi connectivity index (χ1v) is 5.30. The fourth-order valence-electron chi connectivity index (χ4n) is 1.05. The smallest absolute Gasteiger partial charge is 0.255 e. The Morgan fingerprint density at radius 3 is 2.87 bits per heavy atom. The fourth-order valence-corrected chi connectivity index (χ4v) is 2.04. The van der Waals surface area contributed by atoms with Crippen LogP contribution in [0, 0.1) is 0 Å². The molecule has 1 aromatic heterocycles. The Morgan fingerprint density at radius 1 is 1.67 bits per heavy atom. The normalized spacial score (nSPS) is 10.7. The second-order valence-corrected chi connectivity index (χ2v) is 4.00. The van der Waals surface area contributed by atoms with Crippen molar-refractivity contribution in [3.8, 4) is 0 Å². The van der Waals surface area contributed by atoms with E-state index in [4.69, 9.17) is 5.73 Å². The number of ketones is 1. The van der Waals surface area contributed by atoms with E-state index < -0.39 is 13.0 Å². The first-order valence-electron chi connectivity index (χ1n) is 4.49. The molecular formula is C9H12F2N2OS. The van der Waals surface area contributed by atoms with E-state index in [1.807, 2.05) is 0 Å². The van der Waals surface area contributed by atoms with E-state index in [9.17, 15) is 13.6 Å². The molecule has 6 heteroatoms. The summed E-state index contributed by atoms with van der Waals surface area (Å²) in [5.41, 5.74) is 5.94. The van der Waals surface area contributed by atoms with E-state index in [0.29, 0.717) is 22.0 Å². The number of rotatable bonds is 5. The van der Waals surface area contributed by atoms with Gasteiger partial charge in [-0.05, 0) is 6.07 Å². The lowest BCUT2D eigenvalue weighted by atomic mass is 10.2. The molecule has 3 N–H and O–H groups in total. The van der Waals surface area contributed by atoms with Crippen LogP contribution in [-0.2, 0) is 0 Å². The third-order valence-electron chi connectivity index (χ3n) is 1.77. The van der Waals surface area contributed by atoms with E-state index >= 15 is 0 Å². The highest BCUT2D eigenvalue weighted by molar-refractivity contribution is 7.18.